The molecular formula is C17H25N7O. The molecule has 0 saturated carbocycles. The van der Waals surface area contributed by atoms with Crippen molar-refractivity contribution in [3.05, 3.63) is 35.4 Å². The van der Waals surface area contributed by atoms with Crippen LogP contribution in [0.2, 0.25) is 0 Å². The fraction of sp³-hybridized carbons (Fsp3) is 0.412. The number of anilines is 3. The molecule has 0 unspecified atom stereocenters. The van der Waals surface area contributed by atoms with E-state index in [1.54, 1.807) is 12.3 Å². The molecule has 8 nitrogen and oxygen atoms in total. The second-order valence-electron chi connectivity index (χ2n) is 5.62. The number of nitrogens with zero attached hydrogens (tertiary/aromatic N) is 4. The van der Waals surface area contributed by atoms with Gasteiger partial charge in [-0.3, -0.25) is 9.78 Å². The monoisotopic (exact) mass is 343 g/mol. The van der Waals surface area contributed by atoms with Gasteiger partial charge in [-0.1, -0.05) is 6.92 Å². The number of carbonyl (C=O) groups excluding carboxylic acids is 1. The van der Waals surface area contributed by atoms with Crippen molar-refractivity contribution in [3.8, 4) is 0 Å². The highest BCUT2D eigenvalue weighted by molar-refractivity contribution is 5.96. The van der Waals surface area contributed by atoms with Crippen LogP contribution in [-0.2, 0) is 12.8 Å². The van der Waals surface area contributed by atoms with Crippen molar-refractivity contribution in [2.24, 2.45) is 11.5 Å². The van der Waals surface area contributed by atoms with Gasteiger partial charge in [-0.2, -0.15) is 0 Å². The van der Waals surface area contributed by atoms with Gasteiger partial charge in [-0.15, -0.1) is 0 Å². The number of aryl methyl sites for hydroxylation is 1. The molecule has 0 radical (unpaired) electrons. The lowest BCUT2D eigenvalue weighted by atomic mass is 10.2. The first-order valence-corrected chi connectivity index (χ1v) is 8.34. The lowest BCUT2D eigenvalue weighted by Crippen LogP contribution is -2.24. The summed E-state index contributed by atoms with van der Waals surface area (Å²) in [6, 6.07) is 3.67. The number of rotatable bonds is 8. The van der Waals surface area contributed by atoms with Crippen LogP contribution in [0, 0.1) is 0 Å². The second-order valence-corrected chi connectivity index (χ2v) is 5.62. The molecule has 0 aliphatic rings. The van der Waals surface area contributed by atoms with Crippen molar-refractivity contribution >= 4 is 23.2 Å². The summed E-state index contributed by atoms with van der Waals surface area (Å²) in [5, 5.41) is 3.14. The maximum Gasteiger partial charge on any atom is 0.271 e. The van der Waals surface area contributed by atoms with Gasteiger partial charge in [-0.05, 0) is 32.0 Å². The number of nitrogens with two attached hydrogens (primary N) is 2. The van der Waals surface area contributed by atoms with Crippen LogP contribution in [0.25, 0.3) is 0 Å². The molecule has 0 aliphatic heterocycles. The van der Waals surface area contributed by atoms with Crippen LogP contribution in [0.3, 0.4) is 0 Å². The van der Waals surface area contributed by atoms with Gasteiger partial charge in [0.25, 0.3) is 5.91 Å². The molecule has 2 aromatic heterocycles. The third-order valence-electron chi connectivity index (χ3n) is 3.83. The quantitative estimate of drug-likeness (QED) is 0.658. The Hall–Kier alpha value is -2.74. The van der Waals surface area contributed by atoms with Crippen molar-refractivity contribution in [3.63, 3.8) is 0 Å². The molecule has 0 saturated heterocycles. The van der Waals surface area contributed by atoms with E-state index < -0.39 is 5.91 Å². The van der Waals surface area contributed by atoms with E-state index >= 15 is 0 Å². The van der Waals surface area contributed by atoms with Crippen LogP contribution in [0.1, 0.15) is 35.7 Å². The van der Waals surface area contributed by atoms with E-state index in [1.165, 1.54) is 0 Å². The third-order valence-corrected chi connectivity index (χ3v) is 3.83. The lowest BCUT2D eigenvalue weighted by Gasteiger charge is -2.20. The zero-order chi connectivity index (χ0) is 18.4. The maximum absolute atomic E-state index is 11.8. The highest BCUT2D eigenvalue weighted by Crippen LogP contribution is 2.24. The number of hydrogen-bond acceptors (Lipinski definition) is 7. The van der Waals surface area contributed by atoms with Crippen LogP contribution < -0.4 is 21.7 Å². The molecule has 0 spiro atoms. The molecule has 25 heavy (non-hydrogen) atoms. The number of hydrogen-bond donors (Lipinski definition) is 3. The van der Waals surface area contributed by atoms with E-state index in [2.05, 4.69) is 20.3 Å². The topological polar surface area (TPSA) is 123 Å². The predicted molar refractivity (Wildman–Crippen MR) is 99.2 cm³/mol. The molecule has 5 N–H and O–H groups in total. The molecule has 0 bridgehead atoms. The molecule has 134 valence electrons. The van der Waals surface area contributed by atoms with Gasteiger partial charge in [0.2, 0.25) is 0 Å². The number of aromatic nitrogens is 3. The molecule has 0 atom stereocenters. The van der Waals surface area contributed by atoms with Crippen LogP contribution in [0.5, 0.6) is 0 Å². The molecule has 8 heteroatoms. The Morgan fingerprint density at radius 2 is 2.08 bits per heavy atom. The average Bonchev–Trinajstić information content (AvgIpc) is 2.61. The fourth-order valence-corrected chi connectivity index (χ4v) is 2.39. The number of nitrogens with one attached hydrogen (secondary N) is 1. The van der Waals surface area contributed by atoms with E-state index in [9.17, 15) is 4.79 Å². The molecule has 0 fully saturated rings. The molecule has 2 rings (SSSR count). The van der Waals surface area contributed by atoms with Crippen LogP contribution >= 0.6 is 0 Å². The zero-order valence-corrected chi connectivity index (χ0v) is 14.9. The summed E-state index contributed by atoms with van der Waals surface area (Å²) in [6.45, 7) is 5.28. The minimum Gasteiger partial charge on any atom is -0.364 e. The first-order chi connectivity index (χ1) is 12.0. The second kappa shape index (κ2) is 8.39. The van der Waals surface area contributed by atoms with Crippen LogP contribution in [-0.4, -0.2) is 41.0 Å². The fourth-order valence-electron chi connectivity index (χ4n) is 2.39. The number of primary amides is 1. The molecule has 1 amide bonds. The molecule has 2 aromatic rings. The van der Waals surface area contributed by atoms with Gasteiger partial charge in [0, 0.05) is 37.6 Å². The number of carbonyl (C=O) groups is 1. The van der Waals surface area contributed by atoms with E-state index in [-0.39, 0.29) is 5.69 Å². The summed E-state index contributed by atoms with van der Waals surface area (Å²) in [5.74, 6) is 0.449. The van der Waals surface area contributed by atoms with Gasteiger partial charge < -0.3 is 21.7 Å². The summed E-state index contributed by atoms with van der Waals surface area (Å²) in [5.41, 5.74) is 13.6. The summed E-state index contributed by atoms with van der Waals surface area (Å²) < 4.78 is 0. The Balaban J connectivity index is 2.47. The summed E-state index contributed by atoms with van der Waals surface area (Å²) in [6.07, 6.45) is 3.01. The van der Waals surface area contributed by atoms with Gasteiger partial charge in [-0.25, -0.2) is 9.97 Å². The first kappa shape index (κ1) is 18.6. The Morgan fingerprint density at radius 3 is 2.68 bits per heavy atom. The summed E-state index contributed by atoms with van der Waals surface area (Å²) >= 11 is 0. The van der Waals surface area contributed by atoms with Gasteiger partial charge in [0.05, 0.1) is 5.69 Å². The molecule has 0 aliphatic carbocycles. The smallest absolute Gasteiger partial charge is 0.271 e. The Labute approximate surface area is 147 Å². The standard InChI is InChI=1S/C17H25N7O/c1-4-13-17(24(3)5-2)23-16(14(22-13)15(19)25)21-12-7-9-20-11(10-12)6-8-18/h7,9-10H,4-6,8,18H2,1-3H3,(H2,19,25)(H,20,21,23). The minimum atomic E-state index is -0.619. The summed E-state index contributed by atoms with van der Waals surface area (Å²) in [4.78, 5) is 27.1. The van der Waals surface area contributed by atoms with Gasteiger partial charge >= 0.3 is 0 Å². The van der Waals surface area contributed by atoms with Crippen molar-refractivity contribution in [2.45, 2.75) is 26.7 Å². The van der Waals surface area contributed by atoms with Gasteiger partial charge in [0.15, 0.2) is 17.3 Å². The third kappa shape index (κ3) is 4.42. The van der Waals surface area contributed by atoms with Crippen molar-refractivity contribution < 1.29 is 4.79 Å². The van der Waals surface area contributed by atoms with Crippen molar-refractivity contribution in [2.75, 3.05) is 30.4 Å². The Morgan fingerprint density at radius 1 is 1.32 bits per heavy atom. The number of pyridine rings is 1. The minimum absolute atomic E-state index is 0.127. The average molecular weight is 343 g/mol. The molecule has 2 heterocycles. The van der Waals surface area contributed by atoms with E-state index in [1.807, 2.05) is 31.9 Å². The largest absolute Gasteiger partial charge is 0.364 e. The predicted octanol–water partition coefficient (Wildman–Crippen LogP) is 1.23. The van der Waals surface area contributed by atoms with E-state index in [0.29, 0.717) is 25.2 Å². The van der Waals surface area contributed by atoms with Crippen molar-refractivity contribution in [1.82, 2.24) is 15.0 Å². The van der Waals surface area contributed by atoms with E-state index in [0.717, 1.165) is 29.4 Å². The SMILES string of the molecule is CCc1nc(C(N)=O)c(Nc2ccnc(CCN)c2)nc1N(C)CC. The Bertz CT molecular complexity index is 748. The van der Waals surface area contributed by atoms with Crippen LogP contribution in [0.15, 0.2) is 18.3 Å². The maximum atomic E-state index is 11.8. The highest BCUT2D eigenvalue weighted by atomic mass is 16.1. The first-order valence-electron chi connectivity index (χ1n) is 8.34. The summed E-state index contributed by atoms with van der Waals surface area (Å²) in [7, 11) is 1.93. The molecular weight excluding hydrogens is 318 g/mol. The van der Waals surface area contributed by atoms with E-state index in [4.69, 9.17) is 11.5 Å². The number of amides is 1. The highest BCUT2D eigenvalue weighted by Gasteiger charge is 2.18. The van der Waals surface area contributed by atoms with Crippen molar-refractivity contribution in [1.29, 1.82) is 0 Å². The normalized spacial score (nSPS) is 10.6. The molecule has 0 aromatic carbocycles. The zero-order valence-electron chi connectivity index (χ0n) is 14.9. The Kier molecular flexibility index (Phi) is 6.24. The lowest BCUT2D eigenvalue weighted by molar-refractivity contribution is 0.0996. The van der Waals surface area contributed by atoms with Gasteiger partial charge in [0.1, 0.15) is 0 Å². The van der Waals surface area contributed by atoms with Crippen LogP contribution in [0.4, 0.5) is 17.3 Å².